The number of amides is 2. The number of para-hydroxylation sites is 2. The highest BCUT2D eigenvalue weighted by molar-refractivity contribution is 7.16. The van der Waals surface area contributed by atoms with Crippen LogP contribution in [0, 0.1) is 25.2 Å². The molecule has 24 heavy (non-hydrogen) atoms. The van der Waals surface area contributed by atoms with Crippen LogP contribution in [0.2, 0.25) is 0 Å². The summed E-state index contributed by atoms with van der Waals surface area (Å²) in [5.41, 5.74) is 0.0362. The van der Waals surface area contributed by atoms with E-state index >= 15 is 0 Å². The Bertz CT molecular complexity index is 897. The first-order valence-corrected chi connectivity index (χ1v) is 8.09. The van der Waals surface area contributed by atoms with Crippen LogP contribution < -0.4 is 15.4 Å². The van der Waals surface area contributed by atoms with E-state index in [4.69, 9.17) is 4.74 Å². The predicted octanol–water partition coefficient (Wildman–Crippen LogP) is 2.96. The molecule has 1 aliphatic rings. The summed E-state index contributed by atoms with van der Waals surface area (Å²) >= 11 is 1.30. The largest absolute Gasteiger partial charge is 0.466 e. The van der Waals surface area contributed by atoms with E-state index in [1.54, 1.807) is 24.3 Å². The van der Waals surface area contributed by atoms with E-state index in [1.165, 1.54) is 18.3 Å². The number of nitrogens with one attached hydrogen (secondary N) is 2. The Labute approximate surface area is 143 Å². The molecule has 1 aromatic carbocycles. The van der Waals surface area contributed by atoms with E-state index in [1.807, 2.05) is 13.8 Å². The van der Waals surface area contributed by atoms with Gasteiger partial charge in [-0.15, -0.1) is 11.3 Å². The molecular weight excluding hydrogens is 326 g/mol. The van der Waals surface area contributed by atoms with Crippen molar-refractivity contribution in [1.29, 1.82) is 5.26 Å². The highest BCUT2D eigenvalue weighted by atomic mass is 32.1. The van der Waals surface area contributed by atoms with Gasteiger partial charge in [0.2, 0.25) is 0 Å². The molecule has 2 N–H and O–H groups in total. The maximum atomic E-state index is 12.7. The summed E-state index contributed by atoms with van der Waals surface area (Å²) in [6.45, 7) is 5.10. The molecule has 3 rings (SSSR count). The van der Waals surface area contributed by atoms with Gasteiger partial charge in [-0.25, -0.2) is 0 Å². The van der Waals surface area contributed by atoms with Crippen LogP contribution in [-0.4, -0.2) is 17.4 Å². The minimum atomic E-state index is -1.72. The summed E-state index contributed by atoms with van der Waals surface area (Å²) in [7, 11) is 0. The summed E-state index contributed by atoms with van der Waals surface area (Å²) in [6.07, 6.45) is 0. The van der Waals surface area contributed by atoms with Crippen molar-refractivity contribution in [2.75, 3.05) is 10.6 Å². The average Bonchev–Trinajstić information content (AvgIpc) is 2.82. The van der Waals surface area contributed by atoms with E-state index in [-0.39, 0.29) is 0 Å². The van der Waals surface area contributed by atoms with Crippen LogP contribution >= 0.6 is 11.3 Å². The first-order chi connectivity index (χ1) is 11.4. The molecule has 0 radical (unpaired) electrons. The quantitative estimate of drug-likeness (QED) is 0.822. The van der Waals surface area contributed by atoms with Gasteiger partial charge in [0.15, 0.2) is 0 Å². The third-order valence-corrected chi connectivity index (χ3v) is 5.16. The topological polar surface area (TPSA) is 91.2 Å². The second kappa shape index (κ2) is 5.65. The molecule has 7 heteroatoms. The van der Waals surface area contributed by atoms with Crippen molar-refractivity contribution in [2.24, 2.45) is 0 Å². The lowest BCUT2D eigenvalue weighted by atomic mass is 10.0. The summed E-state index contributed by atoms with van der Waals surface area (Å²) in [5.74, 6) is -0.747. The fourth-order valence-electron chi connectivity index (χ4n) is 2.39. The van der Waals surface area contributed by atoms with Gasteiger partial charge in [-0.05, 0) is 38.5 Å². The number of nitrogens with zero attached hydrogens (tertiary/aromatic N) is 1. The molecule has 1 aliphatic heterocycles. The summed E-state index contributed by atoms with van der Waals surface area (Å²) in [4.78, 5) is 26.0. The Balaban J connectivity index is 1.92. The zero-order chi connectivity index (χ0) is 17.5. The van der Waals surface area contributed by atoms with Gasteiger partial charge in [-0.1, -0.05) is 12.1 Å². The van der Waals surface area contributed by atoms with E-state index in [9.17, 15) is 14.9 Å². The molecule has 0 bridgehead atoms. The molecule has 122 valence electrons. The summed E-state index contributed by atoms with van der Waals surface area (Å²) in [5, 5.41) is 15.0. The number of nitriles is 1. The van der Waals surface area contributed by atoms with Gasteiger partial charge < -0.3 is 15.4 Å². The van der Waals surface area contributed by atoms with Crippen LogP contribution in [0.5, 0.6) is 5.75 Å². The number of aryl methyl sites for hydroxylation is 1. The van der Waals surface area contributed by atoms with Crippen molar-refractivity contribution in [2.45, 2.75) is 26.4 Å². The van der Waals surface area contributed by atoms with Gasteiger partial charge in [0.25, 0.3) is 17.4 Å². The monoisotopic (exact) mass is 341 g/mol. The van der Waals surface area contributed by atoms with Crippen molar-refractivity contribution >= 4 is 33.8 Å². The fraction of sp³-hybridized carbons (Fsp3) is 0.235. The molecule has 0 aliphatic carbocycles. The van der Waals surface area contributed by atoms with Crippen LogP contribution in [0.25, 0.3) is 0 Å². The van der Waals surface area contributed by atoms with E-state index in [2.05, 4.69) is 16.7 Å². The van der Waals surface area contributed by atoms with Gasteiger partial charge in [0, 0.05) is 4.88 Å². The van der Waals surface area contributed by atoms with Crippen molar-refractivity contribution in [3.63, 3.8) is 0 Å². The average molecular weight is 341 g/mol. The number of benzene rings is 1. The number of hydrogen-bond donors (Lipinski definition) is 2. The van der Waals surface area contributed by atoms with Gasteiger partial charge in [-0.3, -0.25) is 9.59 Å². The number of thiophene rings is 1. The molecule has 1 aromatic heterocycles. The van der Waals surface area contributed by atoms with Gasteiger partial charge >= 0.3 is 0 Å². The van der Waals surface area contributed by atoms with Crippen molar-refractivity contribution in [3.8, 4) is 11.8 Å². The van der Waals surface area contributed by atoms with Gasteiger partial charge in [-0.2, -0.15) is 5.26 Å². The summed E-state index contributed by atoms with van der Waals surface area (Å²) < 4.78 is 5.67. The first kappa shape index (κ1) is 16.0. The lowest BCUT2D eigenvalue weighted by Crippen LogP contribution is -2.56. The minimum Gasteiger partial charge on any atom is -0.466 e. The third-order valence-electron chi connectivity index (χ3n) is 4.04. The van der Waals surface area contributed by atoms with Crippen LogP contribution in [-0.2, 0) is 9.59 Å². The Morgan fingerprint density at radius 3 is 2.79 bits per heavy atom. The number of anilines is 2. The minimum absolute atomic E-state index is 0.408. The zero-order valence-corrected chi connectivity index (χ0v) is 14.2. The molecule has 6 nitrogen and oxygen atoms in total. The van der Waals surface area contributed by atoms with Crippen LogP contribution in [0.4, 0.5) is 10.7 Å². The molecular formula is C17H15N3O3S. The molecule has 2 aromatic rings. The maximum absolute atomic E-state index is 12.7. The van der Waals surface area contributed by atoms with Crippen molar-refractivity contribution in [3.05, 3.63) is 40.3 Å². The van der Waals surface area contributed by atoms with Crippen LogP contribution in [0.3, 0.4) is 0 Å². The highest BCUT2D eigenvalue weighted by Crippen LogP contribution is 2.36. The number of rotatable bonds is 2. The lowest BCUT2D eigenvalue weighted by Gasteiger charge is -2.33. The second-order valence-corrected chi connectivity index (χ2v) is 6.86. The number of carbonyl (C=O) groups is 2. The fourth-order valence-corrected chi connectivity index (χ4v) is 3.39. The van der Waals surface area contributed by atoms with Gasteiger partial charge in [0.05, 0.1) is 11.3 Å². The van der Waals surface area contributed by atoms with Crippen molar-refractivity contribution in [1.82, 2.24) is 0 Å². The van der Waals surface area contributed by atoms with Crippen LogP contribution in [0.1, 0.15) is 22.9 Å². The third kappa shape index (κ3) is 2.41. The van der Waals surface area contributed by atoms with Gasteiger partial charge in [0.1, 0.15) is 16.8 Å². The van der Waals surface area contributed by atoms with Crippen LogP contribution in [0.15, 0.2) is 24.3 Å². The second-order valence-electron chi connectivity index (χ2n) is 5.64. The number of hydrogen-bond acceptors (Lipinski definition) is 5. The number of fused-ring (bicyclic) bond motifs is 1. The highest BCUT2D eigenvalue weighted by Gasteiger charge is 2.47. The standard InChI is InChI=1S/C17H15N3O3S/c1-9-10(2)24-14(11(9)8-18)20-16(22)17(3)15(21)19-12-6-4-5-7-13(12)23-17/h4-7H,1-3H3,(H,19,21)(H,20,22)/t17-/m0/s1. The zero-order valence-electron chi connectivity index (χ0n) is 13.4. The molecule has 1 atom stereocenters. The first-order valence-electron chi connectivity index (χ1n) is 7.28. The number of ether oxygens (including phenoxy) is 1. The smallest absolute Gasteiger partial charge is 0.278 e. The number of carbonyl (C=O) groups excluding carboxylic acids is 2. The molecule has 0 unspecified atom stereocenters. The maximum Gasteiger partial charge on any atom is 0.278 e. The molecule has 0 fully saturated rings. The predicted molar refractivity (Wildman–Crippen MR) is 91.2 cm³/mol. The Hall–Kier alpha value is -2.85. The molecule has 0 saturated heterocycles. The Kier molecular flexibility index (Phi) is 3.78. The Morgan fingerprint density at radius 2 is 2.08 bits per heavy atom. The molecule has 2 heterocycles. The normalized spacial score (nSPS) is 18.8. The van der Waals surface area contributed by atoms with E-state index < -0.39 is 17.4 Å². The van der Waals surface area contributed by atoms with E-state index in [0.717, 1.165) is 10.4 Å². The molecule has 0 spiro atoms. The van der Waals surface area contributed by atoms with Crippen molar-refractivity contribution < 1.29 is 14.3 Å². The SMILES string of the molecule is Cc1sc(NC(=O)[C@@]2(C)Oc3ccccc3NC2=O)c(C#N)c1C. The lowest BCUT2D eigenvalue weighted by molar-refractivity contribution is -0.143. The molecule has 0 saturated carbocycles. The summed E-state index contributed by atoms with van der Waals surface area (Å²) in [6, 6.07) is 8.99. The Morgan fingerprint density at radius 1 is 1.38 bits per heavy atom. The molecule has 2 amide bonds. The van der Waals surface area contributed by atoms with E-state index in [0.29, 0.717) is 22.0 Å².